The van der Waals surface area contributed by atoms with Crippen LogP contribution in [0.2, 0.25) is 5.02 Å². The molecule has 7 nitrogen and oxygen atoms in total. The zero-order chi connectivity index (χ0) is 25.5. The first kappa shape index (κ1) is 27.8. The molecule has 0 aliphatic heterocycles. The molecule has 0 bridgehead atoms. The van der Waals surface area contributed by atoms with Gasteiger partial charge in [0.25, 0.3) is 0 Å². The Balaban J connectivity index is 2.34. The third-order valence-electron chi connectivity index (χ3n) is 5.87. The van der Waals surface area contributed by atoms with Crippen molar-refractivity contribution in [3.63, 3.8) is 0 Å². The van der Waals surface area contributed by atoms with E-state index in [0.29, 0.717) is 11.4 Å². The zero-order valence-electron chi connectivity index (χ0n) is 20.4. The van der Waals surface area contributed by atoms with Crippen molar-refractivity contribution >= 4 is 33.4 Å². The first-order valence-corrected chi connectivity index (χ1v) is 13.2. The SMILES string of the molecule is CC[C@@H](C)NC(=O)[C@H](CC)N(Cc1ccccc1C)C(=O)CN(C)S(=O)(=O)c1ccc(Cl)cc1. The number of carbonyl (C=O) groups excluding carboxylic acids is 2. The van der Waals surface area contributed by atoms with Crippen molar-refractivity contribution in [1.82, 2.24) is 14.5 Å². The molecule has 2 amide bonds. The number of aryl methyl sites for hydroxylation is 1. The molecule has 0 aliphatic carbocycles. The second-order valence-electron chi connectivity index (χ2n) is 8.41. The summed E-state index contributed by atoms with van der Waals surface area (Å²) in [5.74, 6) is -0.698. The third kappa shape index (κ3) is 7.04. The number of sulfonamides is 1. The minimum atomic E-state index is -3.91. The molecular weight excluding hydrogens is 474 g/mol. The summed E-state index contributed by atoms with van der Waals surface area (Å²) in [7, 11) is -2.56. The standard InChI is InChI=1S/C25H34ClN3O4S/c1-6-19(4)27-25(31)23(7-2)29(16-20-11-9-8-10-18(20)3)24(30)17-28(5)34(32,33)22-14-12-21(26)13-15-22/h8-15,19,23H,6-7,16-17H2,1-5H3,(H,27,31)/t19-,23+/m1/s1. The Hall–Kier alpha value is -2.42. The Morgan fingerprint density at radius 1 is 1.03 bits per heavy atom. The van der Waals surface area contributed by atoms with Crippen LogP contribution in [-0.4, -0.2) is 55.1 Å². The summed E-state index contributed by atoms with van der Waals surface area (Å²) >= 11 is 5.88. The fourth-order valence-corrected chi connectivity index (χ4v) is 4.73. The topological polar surface area (TPSA) is 86.8 Å². The number of halogens is 1. The Morgan fingerprint density at radius 3 is 2.21 bits per heavy atom. The second-order valence-corrected chi connectivity index (χ2v) is 10.9. The quantitative estimate of drug-likeness (QED) is 0.498. The van der Waals surface area contributed by atoms with Crippen molar-refractivity contribution < 1.29 is 18.0 Å². The molecule has 0 heterocycles. The number of rotatable bonds is 11. The van der Waals surface area contributed by atoms with Crippen molar-refractivity contribution in [3.05, 3.63) is 64.7 Å². The van der Waals surface area contributed by atoms with Gasteiger partial charge in [-0.1, -0.05) is 49.7 Å². The third-order valence-corrected chi connectivity index (χ3v) is 7.94. The lowest BCUT2D eigenvalue weighted by Gasteiger charge is -2.33. The summed E-state index contributed by atoms with van der Waals surface area (Å²) < 4.78 is 27.0. The van der Waals surface area contributed by atoms with E-state index in [1.807, 2.05) is 52.0 Å². The summed E-state index contributed by atoms with van der Waals surface area (Å²) in [6.45, 7) is 7.46. The molecule has 0 aromatic heterocycles. The van der Waals surface area contributed by atoms with Crippen LogP contribution < -0.4 is 5.32 Å². The lowest BCUT2D eigenvalue weighted by atomic mass is 10.1. The van der Waals surface area contributed by atoms with E-state index in [9.17, 15) is 18.0 Å². The van der Waals surface area contributed by atoms with Crippen LogP contribution in [0.5, 0.6) is 0 Å². The molecule has 0 fully saturated rings. The lowest BCUT2D eigenvalue weighted by Crippen LogP contribution is -2.53. The summed E-state index contributed by atoms with van der Waals surface area (Å²) in [5.41, 5.74) is 1.88. The Kier molecular flexibility index (Phi) is 10.1. The van der Waals surface area contributed by atoms with Crippen LogP contribution in [0.4, 0.5) is 0 Å². The maximum Gasteiger partial charge on any atom is 0.243 e. The molecule has 0 aliphatic rings. The van der Waals surface area contributed by atoms with Gasteiger partial charge in [0, 0.05) is 24.7 Å². The Bertz CT molecular complexity index is 1090. The molecule has 0 radical (unpaired) electrons. The highest BCUT2D eigenvalue weighted by Crippen LogP contribution is 2.20. The molecular formula is C25H34ClN3O4S. The van der Waals surface area contributed by atoms with Crippen LogP contribution >= 0.6 is 11.6 Å². The van der Waals surface area contributed by atoms with Gasteiger partial charge in [-0.05, 0) is 62.1 Å². The van der Waals surface area contributed by atoms with Crippen molar-refractivity contribution in [2.45, 2.75) is 64.1 Å². The molecule has 0 saturated carbocycles. The van der Waals surface area contributed by atoms with E-state index in [2.05, 4.69) is 5.32 Å². The van der Waals surface area contributed by atoms with E-state index in [-0.39, 0.29) is 23.4 Å². The molecule has 0 spiro atoms. The van der Waals surface area contributed by atoms with Crippen LogP contribution in [0.3, 0.4) is 0 Å². The predicted octanol–water partition coefficient (Wildman–Crippen LogP) is 3.99. The van der Waals surface area contributed by atoms with Gasteiger partial charge in [-0.3, -0.25) is 9.59 Å². The molecule has 0 unspecified atom stereocenters. The molecule has 9 heteroatoms. The molecule has 34 heavy (non-hydrogen) atoms. The van der Waals surface area contributed by atoms with Crippen LogP contribution in [-0.2, 0) is 26.2 Å². The summed E-state index contributed by atoms with van der Waals surface area (Å²) in [6, 6.07) is 12.6. The summed E-state index contributed by atoms with van der Waals surface area (Å²) in [6.07, 6.45) is 1.16. The number of benzene rings is 2. The van der Waals surface area contributed by atoms with Crippen LogP contribution in [0.15, 0.2) is 53.4 Å². The van der Waals surface area contributed by atoms with Crippen LogP contribution in [0.1, 0.15) is 44.7 Å². The first-order chi connectivity index (χ1) is 16.0. The smallest absolute Gasteiger partial charge is 0.243 e. The van der Waals surface area contributed by atoms with Crippen molar-refractivity contribution in [2.75, 3.05) is 13.6 Å². The minimum Gasteiger partial charge on any atom is -0.352 e. The molecule has 0 saturated heterocycles. The normalized spacial score (nSPS) is 13.4. The number of amides is 2. The van der Waals surface area contributed by atoms with Crippen molar-refractivity contribution in [2.24, 2.45) is 0 Å². The van der Waals surface area contributed by atoms with E-state index < -0.39 is 28.5 Å². The largest absolute Gasteiger partial charge is 0.352 e. The van der Waals surface area contributed by atoms with Gasteiger partial charge in [0.1, 0.15) is 6.04 Å². The fraction of sp³-hybridized carbons (Fsp3) is 0.440. The summed E-state index contributed by atoms with van der Waals surface area (Å²) in [5, 5.41) is 3.37. The molecule has 186 valence electrons. The Morgan fingerprint density at radius 2 is 1.65 bits per heavy atom. The van der Waals surface area contributed by atoms with Crippen molar-refractivity contribution in [3.8, 4) is 0 Å². The van der Waals surface area contributed by atoms with Gasteiger partial charge < -0.3 is 10.2 Å². The Labute approximate surface area is 208 Å². The number of nitrogens with zero attached hydrogens (tertiary/aromatic N) is 2. The maximum atomic E-state index is 13.5. The lowest BCUT2D eigenvalue weighted by molar-refractivity contribution is -0.141. The van der Waals surface area contributed by atoms with Crippen LogP contribution in [0.25, 0.3) is 0 Å². The molecule has 1 N–H and O–H groups in total. The highest BCUT2D eigenvalue weighted by molar-refractivity contribution is 7.89. The number of carbonyl (C=O) groups is 2. The van der Waals surface area contributed by atoms with Gasteiger partial charge in [-0.15, -0.1) is 0 Å². The number of likely N-dealkylation sites (N-methyl/N-ethyl adjacent to an activating group) is 1. The van der Waals surface area contributed by atoms with E-state index in [1.54, 1.807) is 0 Å². The second kappa shape index (κ2) is 12.3. The van der Waals surface area contributed by atoms with Gasteiger partial charge in [-0.2, -0.15) is 4.31 Å². The highest BCUT2D eigenvalue weighted by Gasteiger charge is 2.32. The molecule has 2 aromatic carbocycles. The molecule has 2 atom stereocenters. The number of hydrogen-bond donors (Lipinski definition) is 1. The number of nitrogens with one attached hydrogen (secondary N) is 1. The monoisotopic (exact) mass is 507 g/mol. The molecule has 2 aromatic rings. The maximum absolute atomic E-state index is 13.5. The van der Waals surface area contributed by atoms with Gasteiger partial charge in [0.2, 0.25) is 21.8 Å². The number of hydrogen-bond acceptors (Lipinski definition) is 4. The first-order valence-electron chi connectivity index (χ1n) is 11.4. The van der Waals surface area contributed by atoms with Gasteiger partial charge >= 0.3 is 0 Å². The van der Waals surface area contributed by atoms with Gasteiger partial charge in [-0.25, -0.2) is 8.42 Å². The van der Waals surface area contributed by atoms with Crippen LogP contribution in [0, 0.1) is 6.92 Å². The van der Waals surface area contributed by atoms with Crippen molar-refractivity contribution in [1.29, 1.82) is 0 Å². The average Bonchev–Trinajstić information content (AvgIpc) is 2.80. The zero-order valence-corrected chi connectivity index (χ0v) is 22.0. The fourth-order valence-electron chi connectivity index (χ4n) is 3.48. The summed E-state index contributed by atoms with van der Waals surface area (Å²) in [4.78, 5) is 28.1. The van der Waals surface area contributed by atoms with E-state index >= 15 is 0 Å². The van der Waals surface area contributed by atoms with E-state index in [1.165, 1.54) is 36.2 Å². The minimum absolute atomic E-state index is 0.0371. The predicted molar refractivity (Wildman–Crippen MR) is 135 cm³/mol. The molecule has 2 rings (SSSR count). The highest BCUT2D eigenvalue weighted by atomic mass is 35.5. The van der Waals surface area contributed by atoms with Gasteiger partial charge in [0.05, 0.1) is 11.4 Å². The average molecular weight is 508 g/mol. The van der Waals surface area contributed by atoms with E-state index in [4.69, 9.17) is 11.6 Å². The van der Waals surface area contributed by atoms with Gasteiger partial charge in [0.15, 0.2) is 0 Å². The van der Waals surface area contributed by atoms with E-state index in [0.717, 1.165) is 21.9 Å².